The Balaban J connectivity index is 1.68. The third-order valence-corrected chi connectivity index (χ3v) is 4.69. The molecule has 108 valence electrons. The molecule has 3 rings (SSSR count). The van der Waals surface area contributed by atoms with Crippen LogP contribution in [0.15, 0.2) is 65.3 Å². The molecule has 0 saturated heterocycles. The van der Waals surface area contributed by atoms with Crippen LogP contribution in [0.4, 0.5) is 0 Å². The van der Waals surface area contributed by atoms with Gasteiger partial charge in [0, 0.05) is 11.8 Å². The third-order valence-electron chi connectivity index (χ3n) is 3.63. The average Bonchev–Trinajstić information content (AvgIpc) is 3.04. The Morgan fingerprint density at radius 3 is 2.67 bits per heavy atom. The van der Waals surface area contributed by atoms with E-state index in [0.29, 0.717) is 6.04 Å². The number of hydrogen-bond acceptors (Lipinski definition) is 3. The van der Waals surface area contributed by atoms with Crippen LogP contribution in [0.1, 0.15) is 17.4 Å². The summed E-state index contributed by atoms with van der Waals surface area (Å²) in [5, 5.41) is 6.00. The molecule has 0 aliphatic carbocycles. The highest BCUT2D eigenvalue weighted by Crippen LogP contribution is 2.24. The number of fused-ring (bicyclic) bond motifs is 1. The van der Waals surface area contributed by atoms with Crippen LogP contribution in [0.2, 0.25) is 0 Å². The maximum Gasteiger partial charge on any atom is 0.113 e. The lowest BCUT2D eigenvalue weighted by Crippen LogP contribution is -2.18. The minimum Gasteiger partial charge on any atom is -0.468 e. The number of thioether (sulfide) groups is 1. The largest absolute Gasteiger partial charge is 0.468 e. The SMILES string of the molecule is CNC(CSCc1ccco1)c1ccc2ccccc2c1. The van der Waals surface area contributed by atoms with Gasteiger partial charge in [0.2, 0.25) is 0 Å². The first-order valence-corrected chi connectivity index (χ1v) is 8.28. The van der Waals surface area contributed by atoms with Crippen LogP contribution >= 0.6 is 11.8 Å². The molecule has 1 heterocycles. The van der Waals surface area contributed by atoms with Gasteiger partial charge in [-0.2, -0.15) is 11.8 Å². The van der Waals surface area contributed by atoms with Crippen molar-refractivity contribution in [2.24, 2.45) is 0 Å². The van der Waals surface area contributed by atoms with E-state index < -0.39 is 0 Å². The topological polar surface area (TPSA) is 25.2 Å². The minimum atomic E-state index is 0.356. The standard InChI is InChI=1S/C18H19NOS/c1-19-18(13-21-12-17-7-4-10-20-17)16-9-8-14-5-2-3-6-15(14)11-16/h2-11,18-19H,12-13H2,1H3. The first-order chi connectivity index (χ1) is 10.4. The van der Waals surface area contributed by atoms with Gasteiger partial charge in [0.05, 0.1) is 12.0 Å². The fraction of sp³-hybridized carbons (Fsp3) is 0.222. The van der Waals surface area contributed by atoms with Gasteiger partial charge < -0.3 is 9.73 Å². The molecule has 21 heavy (non-hydrogen) atoms. The molecule has 0 aliphatic rings. The molecule has 0 bridgehead atoms. The third kappa shape index (κ3) is 3.49. The average molecular weight is 297 g/mol. The van der Waals surface area contributed by atoms with Gasteiger partial charge in [0.1, 0.15) is 5.76 Å². The quantitative estimate of drug-likeness (QED) is 0.718. The first kappa shape index (κ1) is 14.2. The molecule has 0 saturated carbocycles. The molecule has 1 unspecified atom stereocenters. The van der Waals surface area contributed by atoms with Crippen molar-refractivity contribution >= 4 is 22.5 Å². The summed E-state index contributed by atoms with van der Waals surface area (Å²) in [6.07, 6.45) is 1.73. The normalized spacial score (nSPS) is 12.6. The molecule has 3 aromatic rings. The lowest BCUT2D eigenvalue weighted by atomic mass is 10.0. The second-order valence-corrected chi connectivity index (χ2v) is 6.07. The van der Waals surface area contributed by atoms with E-state index in [1.807, 2.05) is 30.9 Å². The van der Waals surface area contributed by atoms with Gasteiger partial charge in [0.25, 0.3) is 0 Å². The van der Waals surface area contributed by atoms with Crippen molar-refractivity contribution in [1.29, 1.82) is 0 Å². The maximum absolute atomic E-state index is 5.37. The highest BCUT2D eigenvalue weighted by atomic mass is 32.2. The van der Waals surface area contributed by atoms with Gasteiger partial charge in [-0.15, -0.1) is 0 Å². The van der Waals surface area contributed by atoms with Crippen LogP contribution in [0, 0.1) is 0 Å². The highest BCUT2D eigenvalue weighted by Gasteiger charge is 2.10. The van der Waals surface area contributed by atoms with Crippen molar-refractivity contribution in [2.75, 3.05) is 12.8 Å². The maximum atomic E-state index is 5.37. The van der Waals surface area contributed by atoms with Crippen molar-refractivity contribution in [3.63, 3.8) is 0 Å². The molecule has 1 N–H and O–H groups in total. The monoisotopic (exact) mass is 297 g/mol. The fourth-order valence-corrected chi connectivity index (χ4v) is 3.52. The van der Waals surface area contributed by atoms with E-state index in [4.69, 9.17) is 4.42 Å². The van der Waals surface area contributed by atoms with Crippen LogP contribution in [0.25, 0.3) is 10.8 Å². The predicted molar refractivity (Wildman–Crippen MR) is 90.6 cm³/mol. The summed E-state index contributed by atoms with van der Waals surface area (Å²) in [5.74, 6) is 2.97. The number of hydrogen-bond donors (Lipinski definition) is 1. The van der Waals surface area contributed by atoms with E-state index in [1.54, 1.807) is 6.26 Å². The summed E-state index contributed by atoms with van der Waals surface area (Å²) in [4.78, 5) is 0. The molecule has 0 fully saturated rings. The summed E-state index contributed by atoms with van der Waals surface area (Å²) in [6.45, 7) is 0. The lowest BCUT2D eigenvalue weighted by Gasteiger charge is -2.16. The zero-order valence-electron chi connectivity index (χ0n) is 12.1. The fourth-order valence-electron chi connectivity index (χ4n) is 2.44. The lowest BCUT2D eigenvalue weighted by molar-refractivity contribution is 0.530. The zero-order valence-corrected chi connectivity index (χ0v) is 12.9. The summed E-state index contributed by atoms with van der Waals surface area (Å²) < 4.78 is 5.37. The number of nitrogens with one attached hydrogen (secondary N) is 1. The van der Waals surface area contributed by atoms with Gasteiger partial charge >= 0.3 is 0 Å². The molecule has 3 heteroatoms. The van der Waals surface area contributed by atoms with Crippen LogP contribution < -0.4 is 5.32 Å². The number of benzene rings is 2. The Bertz CT molecular complexity index is 693. The molecule has 0 amide bonds. The van der Waals surface area contributed by atoms with Crippen molar-refractivity contribution in [1.82, 2.24) is 5.32 Å². The van der Waals surface area contributed by atoms with Gasteiger partial charge in [-0.05, 0) is 41.6 Å². The Hall–Kier alpha value is -1.71. The van der Waals surface area contributed by atoms with Crippen molar-refractivity contribution in [3.8, 4) is 0 Å². The van der Waals surface area contributed by atoms with Crippen LogP contribution in [-0.4, -0.2) is 12.8 Å². The smallest absolute Gasteiger partial charge is 0.113 e. The first-order valence-electron chi connectivity index (χ1n) is 7.13. The van der Waals surface area contributed by atoms with Gasteiger partial charge in [-0.3, -0.25) is 0 Å². The number of furan rings is 1. The summed E-state index contributed by atoms with van der Waals surface area (Å²) in [5.41, 5.74) is 1.34. The molecule has 0 spiro atoms. The van der Waals surface area contributed by atoms with E-state index in [0.717, 1.165) is 17.3 Å². The summed E-state index contributed by atoms with van der Waals surface area (Å²) in [7, 11) is 2.02. The summed E-state index contributed by atoms with van der Waals surface area (Å²) >= 11 is 1.89. The Morgan fingerprint density at radius 2 is 1.90 bits per heavy atom. The minimum absolute atomic E-state index is 0.356. The summed E-state index contributed by atoms with van der Waals surface area (Å²) in [6, 6.07) is 19.5. The van der Waals surface area contributed by atoms with Gasteiger partial charge in [-0.25, -0.2) is 0 Å². The molecule has 0 aliphatic heterocycles. The Kier molecular flexibility index (Phi) is 4.63. The highest BCUT2D eigenvalue weighted by molar-refractivity contribution is 7.98. The molecule has 2 nitrogen and oxygen atoms in total. The van der Waals surface area contributed by atoms with Gasteiger partial charge in [-0.1, -0.05) is 36.4 Å². The second kappa shape index (κ2) is 6.83. The number of rotatable bonds is 6. The molecular formula is C18H19NOS. The van der Waals surface area contributed by atoms with Crippen LogP contribution in [-0.2, 0) is 5.75 Å². The van der Waals surface area contributed by atoms with E-state index >= 15 is 0 Å². The second-order valence-electron chi connectivity index (χ2n) is 5.04. The predicted octanol–water partition coefficient (Wildman–Crippen LogP) is 4.63. The van der Waals surface area contributed by atoms with Crippen LogP contribution in [0.3, 0.4) is 0 Å². The van der Waals surface area contributed by atoms with Crippen molar-refractivity contribution in [2.45, 2.75) is 11.8 Å². The molecule has 0 radical (unpaired) electrons. The van der Waals surface area contributed by atoms with Gasteiger partial charge in [0.15, 0.2) is 0 Å². The zero-order chi connectivity index (χ0) is 14.5. The van der Waals surface area contributed by atoms with Crippen LogP contribution in [0.5, 0.6) is 0 Å². The van der Waals surface area contributed by atoms with E-state index in [-0.39, 0.29) is 0 Å². The van der Waals surface area contributed by atoms with Crippen molar-refractivity contribution in [3.05, 3.63) is 72.2 Å². The van der Waals surface area contributed by atoms with Crippen molar-refractivity contribution < 1.29 is 4.42 Å². The van der Waals surface area contributed by atoms with E-state index in [1.165, 1.54) is 16.3 Å². The molecule has 2 aromatic carbocycles. The molecule has 1 aromatic heterocycles. The molecule has 1 atom stereocenters. The Morgan fingerprint density at radius 1 is 1.05 bits per heavy atom. The van der Waals surface area contributed by atoms with E-state index in [9.17, 15) is 0 Å². The molecular weight excluding hydrogens is 278 g/mol. The Labute approximate surface area is 129 Å². The van der Waals surface area contributed by atoms with E-state index in [2.05, 4.69) is 47.8 Å².